The molecule has 1 atom stereocenters. The van der Waals surface area contributed by atoms with Gasteiger partial charge in [0.2, 0.25) is 5.91 Å². The first-order chi connectivity index (χ1) is 13.2. The third-order valence-corrected chi connectivity index (χ3v) is 6.63. The topological polar surface area (TPSA) is 60.0 Å². The normalized spacial score (nSPS) is 19.9. The molecular weight excluding hydrogens is 509 g/mol. The van der Waals surface area contributed by atoms with Crippen molar-refractivity contribution in [2.75, 3.05) is 57.0 Å². The molecule has 2 saturated heterocycles. The summed E-state index contributed by atoms with van der Waals surface area (Å²) in [4.78, 5) is 20.9. The predicted octanol–water partition coefficient (Wildman–Crippen LogP) is 2.67. The van der Waals surface area contributed by atoms with Crippen LogP contribution in [0.5, 0.6) is 0 Å². The summed E-state index contributed by atoms with van der Waals surface area (Å²) in [5.74, 6) is 2.07. The first-order valence-electron chi connectivity index (χ1n) is 9.50. The van der Waals surface area contributed by atoms with Gasteiger partial charge in [0.05, 0.1) is 6.54 Å². The second kappa shape index (κ2) is 12.0. The number of hydrogen-bond donors (Lipinski definition) is 2. The minimum absolute atomic E-state index is 0. The molecule has 2 heterocycles. The van der Waals surface area contributed by atoms with Gasteiger partial charge in [-0.3, -0.25) is 9.79 Å². The molecule has 1 amide bonds. The van der Waals surface area contributed by atoms with Crippen molar-refractivity contribution in [2.45, 2.75) is 18.1 Å². The van der Waals surface area contributed by atoms with Gasteiger partial charge in [-0.2, -0.15) is 11.8 Å². The van der Waals surface area contributed by atoms with Gasteiger partial charge < -0.3 is 20.4 Å². The minimum atomic E-state index is 0. The molecule has 0 saturated carbocycles. The Balaban J connectivity index is 0.00000280. The lowest BCUT2D eigenvalue weighted by atomic mass is 10.2. The number of rotatable bonds is 5. The summed E-state index contributed by atoms with van der Waals surface area (Å²) >= 11 is 7.96. The molecule has 2 aliphatic heterocycles. The first-order valence-corrected chi connectivity index (χ1v) is 10.9. The van der Waals surface area contributed by atoms with Gasteiger partial charge in [0.15, 0.2) is 5.96 Å². The largest absolute Gasteiger partial charge is 0.368 e. The summed E-state index contributed by atoms with van der Waals surface area (Å²) in [6, 6.07) is 7.86. The Morgan fingerprint density at radius 1 is 1.21 bits per heavy atom. The van der Waals surface area contributed by atoms with Gasteiger partial charge in [-0.05, 0) is 42.9 Å². The quantitative estimate of drug-likeness (QED) is 0.344. The number of anilines is 1. The molecular formula is C19H29ClIN5OS. The third kappa shape index (κ3) is 6.88. The van der Waals surface area contributed by atoms with Crippen molar-refractivity contribution in [1.82, 2.24) is 15.5 Å². The van der Waals surface area contributed by atoms with Gasteiger partial charge >= 0.3 is 0 Å². The summed E-state index contributed by atoms with van der Waals surface area (Å²) in [5.41, 5.74) is 1.15. The zero-order chi connectivity index (χ0) is 19.1. The van der Waals surface area contributed by atoms with Gasteiger partial charge in [0, 0.05) is 55.7 Å². The van der Waals surface area contributed by atoms with E-state index in [4.69, 9.17) is 11.6 Å². The molecule has 0 spiro atoms. The molecule has 2 aliphatic rings. The molecule has 0 bridgehead atoms. The fraction of sp³-hybridized carbons (Fsp3) is 0.579. The van der Waals surface area contributed by atoms with Crippen LogP contribution in [0.15, 0.2) is 29.3 Å². The number of aliphatic imine (C=N–C) groups is 1. The zero-order valence-corrected chi connectivity index (χ0v) is 20.1. The van der Waals surface area contributed by atoms with Crippen LogP contribution in [-0.4, -0.2) is 74.1 Å². The average Bonchev–Trinajstić information content (AvgIpc) is 3.22. The van der Waals surface area contributed by atoms with Gasteiger partial charge in [-0.1, -0.05) is 11.6 Å². The molecule has 0 aliphatic carbocycles. The van der Waals surface area contributed by atoms with Crippen LogP contribution >= 0.6 is 47.3 Å². The number of carbonyl (C=O) groups is 1. The average molecular weight is 538 g/mol. The Bertz CT molecular complexity index is 646. The molecule has 9 heteroatoms. The van der Waals surface area contributed by atoms with E-state index in [0.717, 1.165) is 43.4 Å². The lowest BCUT2D eigenvalue weighted by molar-refractivity contribution is -0.130. The number of amides is 1. The minimum Gasteiger partial charge on any atom is -0.368 e. The zero-order valence-electron chi connectivity index (χ0n) is 16.2. The first kappa shape index (κ1) is 23.4. The molecule has 6 nitrogen and oxygen atoms in total. The van der Waals surface area contributed by atoms with E-state index in [0.29, 0.717) is 11.2 Å². The van der Waals surface area contributed by atoms with E-state index in [2.05, 4.69) is 20.5 Å². The van der Waals surface area contributed by atoms with E-state index >= 15 is 0 Å². The van der Waals surface area contributed by atoms with Crippen LogP contribution in [-0.2, 0) is 4.79 Å². The Morgan fingerprint density at radius 2 is 1.93 bits per heavy atom. The predicted molar refractivity (Wildman–Crippen MR) is 131 cm³/mol. The van der Waals surface area contributed by atoms with Gasteiger partial charge in [-0.15, -0.1) is 24.0 Å². The lowest BCUT2D eigenvalue weighted by Crippen LogP contribution is -2.52. The molecule has 0 aromatic heterocycles. The standard InChI is InChI=1S/C19H28ClN5OS.HI/c1-21-19(22-13-17-3-2-12-27-17)23-14-18(26)25-10-8-24(9-11-25)16-6-4-15(20)5-7-16;/h4-7,17H,2-3,8-14H2,1H3,(H2,21,22,23);1H. The smallest absolute Gasteiger partial charge is 0.242 e. The number of carbonyl (C=O) groups excluding carboxylic acids is 1. The van der Waals surface area contributed by atoms with Crippen LogP contribution < -0.4 is 15.5 Å². The van der Waals surface area contributed by atoms with Crippen LogP contribution in [0.3, 0.4) is 0 Å². The summed E-state index contributed by atoms with van der Waals surface area (Å²) in [7, 11) is 1.74. The van der Waals surface area contributed by atoms with E-state index in [-0.39, 0.29) is 36.4 Å². The van der Waals surface area contributed by atoms with Gasteiger partial charge in [0.1, 0.15) is 0 Å². The maximum Gasteiger partial charge on any atom is 0.242 e. The van der Waals surface area contributed by atoms with Crippen molar-refractivity contribution in [1.29, 1.82) is 0 Å². The van der Waals surface area contributed by atoms with Gasteiger partial charge in [0.25, 0.3) is 0 Å². The molecule has 2 fully saturated rings. The van der Waals surface area contributed by atoms with Gasteiger partial charge in [-0.25, -0.2) is 0 Å². The highest BCUT2D eigenvalue weighted by Gasteiger charge is 2.21. The number of benzene rings is 1. The number of nitrogens with one attached hydrogen (secondary N) is 2. The molecule has 3 rings (SSSR count). The van der Waals surface area contributed by atoms with Crippen molar-refractivity contribution >= 4 is 64.9 Å². The van der Waals surface area contributed by atoms with Crippen molar-refractivity contribution in [2.24, 2.45) is 4.99 Å². The number of hydrogen-bond acceptors (Lipinski definition) is 4. The lowest BCUT2D eigenvalue weighted by Gasteiger charge is -2.36. The maximum absolute atomic E-state index is 12.5. The Kier molecular flexibility index (Phi) is 10.0. The molecule has 28 heavy (non-hydrogen) atoms. The van der Waals surface area contributed by atoms with E-state index < -0.39 is 0 Å². The van der Waals surface area contributed by atoms with Crippen LogP contribution in [0, 0.1) is 0 Å². The monoisotopic (exact) mass is 537 g/mol. The SMILES string of the molecule is CN=C(NCC(=O)N1CCN(c2ccc(Cl)cc2)CC1)NCC1CCCS1.I. The number of halogens is 2. The van der Waals surface area contributed by atoms with Crippen molar-refractivity contribution < 1.29 is 4.79 Å². The summed E-state index contributed by atoms with van der Waals surface area (Å²) in [6.07, 6.45) is 2.55. The van der Waals surface area contributed by atoms with E-state index in [1.807, 2.05) is 40.9 Å². The van der Waals surface area contributed by atoms with Crippen LogP contribution in [0.2, 0.25) is 5.02 Å². The van der Waals surface area contributed by atoms with Crippen molar-refractivity contribution in [3.05, 3.63) is 29.3 Å². The summed E-state index contributed by atoms with van der Waals surface area (Å²) < 4.78 is 0. The van der Waals surface area contributed by atoms with Crippen molar-refractivity contribution in [3.8, 4) is 0 Å². The molecule has 1 unspecified atom stereocenters. The number of thioether (sulfide) groups is 1. The second-order valence-electron chi connectivity index (χ2n) is 6.79. The van der Waals surface area contributed by atoms with Crippen LogP contribution in [0.1, 0.15) is 12.8 Å². The highest BCUT2D eigenvalue weighted by Crippen LogP contribution is 2.25. The van der Waals surface area contributed by atoms with E-state index in [1.54, 1.807) is 7.05 Å². The van der Waals surface area contributed by atoms with Crippen molar-refractivity contribution in [3.63, 3.8) is 0 Å². The Hall–Kier alpha value is -0.870. The van der Waals surface area contributed by atoms with Crippen LogP contribution in [0.25, 0.3) is 0 Å². The third-order valence-electron chi connectivity index (χ3n) is 4.98. The molecule has 156 valence electrons. The van der Waals surface area contributed by atoms with E-state index in [9.17, 15) is 4.79 Å². The molecule has 1 aromatic rings. The number of guanidine groups is 1. The fourth-order valence-corrected chi connectivity index (χ4v) is 4.70. The number of piperazine rings is 1. The molecule has 2 N–H and O–H groups in total. The Morgan fingerprint density at radius 3 is 2.54 bits per heavy atom. The molecule has 0 radical (unpaired) electrons. The summed E-state index contributed by atoms with van der Waals surface area (Å²) in [6.45, 7) is 4.30. The summed E-state index contributed by atoms with van der Waals surface area (Å²) in [5, 5.41) is 7.88. The highest BCUT2D eigenvalue weighted by atomic mass is 127. The fourth-order valence-electron chi connectivity index (χ4n) is 3.37. The number of nitrogens with zero attached hydrogens (tertiary/aromatic N) is 3. The second-order valence-corrected chi connectivity index (χ2v) is 8.63. The van der Waals surface area contributed by atoms with E-state index in [1.165, 1.54) is 18.6 Å². The Labute approximate surface area is 193 Å². The molecule has 1 aromatic carbocycles. The maximum atomic E-state index is 12.5. The highest BCUT2D eigenvalue weighted by molar-refractivity contribution is 14.0. The van der Waals surface area contributed by atoms with Crippen LogP contribution in [0.4, 0.5) is 5.69 Å².